The summed E-state index contributed by atoms with van der Waals surface area (Å²) in [4.78, 5) is 4.34. The first-order valence-electron chi connectivity index (χ1n) is 3.56. The number of hydrogen-bond donors (Lipinski definition) is 0. The molecule has 1 aliphatic rings. The zero-order valence-corrected chi connectivity index (χ0v) is 5.77. The minimum absolute atomic E-state index is 0.815. The number of aliphatic imine (C=N–C) groups is 1. The Kier molecular flexibility index (Phi) is 2.49. The summed E-state index contributed by atoms with van der Waals surface area (Å²) in [5.74, 6) is 0. The largest absolute Gasteiger partial charge is 0.290 e. The van der Waals surface area contributed by atoms with Gasteiger partial charge in [-0.3, -0.25) is 4.99 Å². The van der Waals surface area contributed by atoms with E-state index in [2.05, 4.69) is 11.6 Å². The van der Waals surface area contributed by atoms with Gasteiger partial charge in [0, 0.05) is 5.71 Å². The Balaban J connectivity index is 2.30. The van der Waals surface area contributed by atoms with Gasteiger partial charge in [-0.2, -0.15) is 0 Å². The quantitative estimate of drug-likeness (QED) is 0.499. The van der Waals surface area contributed by atoms with Crippen LogP contribution in [-0.2, 0) is 0 Å². The Labute approximate surface area is 56.5 Å². The second-order valence-electron chi connectivity index (χ2n) is 2.40. The fraction of sp³-hybridized carbons (Fsp3) is 0.625. The molecule has 1 heteroatoms. The van der Waals surface area contributed by atoms with Crippen molar-refractivity contribution in [2.24, 2.45) is 4.99 Å². The second kappa shape index (κ2) is 3.44. The van der Waals surface area contributed by atoms with Crippen molar-refractivity contribution in [2.75, 3.05) is 6.54 Å². The summed E-state index contributed by atoms with van der Waals surface area (Å²) < 4.78 is 0. The molecule has 1 saturated carbocycles. The number of nitrogens with zero attached hydrogens (tertiary/aromatic N) is 1. The maximum Gasteiger partial charge on any atom is 0.0567 e. The summed E-state index contributed by atoms with van der Waals surface area (Å²) in [7, 11) is 0. The summed E-state index contributed by atoms with van der Waals surface area (Å²) >= 11 is 0. The van der Waals surface area contributed by atoms with E-state index in [0.29, 0.717) is 0 Å². The maximum atomic E-state index is 4.34. The van der Waals surface area contributed by atoms with Crippen LogP contribution < -0.4 is 0 Å². The molecule has 50 valence electrons. The van der Waals surface area contributed by atoms with Crippen LogP contribution in [0.1, 0.15) is 25.7 Å². The van der Waals surface area contributed by atoms with Gasteiger partial charge in [0.25, 0.3) is 0 Å². The highest BCUT2D eigenvalue weighted by molar-refractivity contribution is 5.86. The molecule has 0 radical (unpaired) electrons. The van der Waals surface area contributed by atoms with Crippen LogP contribution in [0.15, 0.2) is 17.6 Å². The van der Waals surface area contributed by atoms with Crippen molar-refractivity contribution in [1.29, 1.82) is 0 Å². The van der Waals surface area contributed by atoms with E-state index in [4.69, 9.17) is 0 Å². The molecule has 0 aromatic rings. The van der Waals surface area contributed by atoms with Crippen LogP contribution in [0.3, 0.4) is 0 Å². The fourth-order valence-corrected chi connectivity index (χ4v) is 1.13. The van der Waals surface area contributed by atoms with E-state index in [1.54, 1.807) is 0 Å². The summed E-state index contributed by atoms with van der Waals surface area (Å²) in [5, 5.41) is 0. The lowest BCUT2D eigenvalue weighted by Gasteiger charge is -1.89. The number of hydrogen-bond acceptors (Lipinski definition) is 1. The van der Waals surface area contributed by atoms with E-state index in [1.165, 1.54) is 31.4 Å². The smallest absolute Gasteiger partial charge is 0.0567 e. The van der Waals surface area contributed by atoms with E-state index >= 15 is 0 Å². The van der Waals surface area contributed by atoms with Gasteiger partial charge in [0.1, 0.15) is 0 Å². The third-order valence-corrected chi connectivity index (χ3v) is 1.62. The van der Waals surface area contributed by atoms with Gasteiger partial charge >= 0.3 is 0 Å². The van der Waals surface area contributed by atoms with Crippen molar-refractivity contribution in [3.63, 3.8) is 0 Å². The van der Waals surface area contributed by atoms with E-state index < -0.39 is 0 Å². The third-order valence-electron chi connectivity index (χ3n) is 1.62. The van der Waals surface area contributed by atoms with Gasteiger partial charge in [-0.25, -0.2) is 0 Å². The van der Waals surface area contributed by atoms with Crippen LogP contribution in [-0.4, -0.2) is 12.3 Å². The Morgan fingerprint density at radius 2 is 2.11 bits per heavy atom. The summed E-state index contributed by atoms with van der Waals surface area (Å²) in [6.45, 7) is 4.43. The van der Waals surface area contributed by atoms with E-state index in [1.807, 2.05) is 6.08 Å². The highest BCUT2D eigenvalue weighted by Gasteiger charge is 2.05. The van der Waals surface area contributed by atoms with Gasteiger partial charge in [0.05, 0.1) is 6.54 Å². The van der Waals surface area contributed by atoms with Crippen LogP contribution in [0.2, 0.25) is 0 Å². The summed E-state index contributed by atoms with van der Waals surface area (Å²) in [6, 6.07) is 0. The standard InChI is InChI=1S/C8H13N/c1-2-7-9-8-5-3-4-6-8/h2H,1,3-7H2. The molecule has 0 atom stereocenters. The first-order chi connectivity index (χ1) is 4.43. The Hall–Kier alpha value is -0.590. The van der Waals surface area contributed by atoms with Crippen molar-refractivity contribution in [3.8, 4) is 0 Å². The van der Waals surface area contributed by atoms with E-state index in [-0.39, 0.29) is 0 Å². The fourth-order valence-electron chi connectivity index (χ4n) is 1.13. The molecule has 0 saturated heterocycles. The normalized spacial score (nSPS) is 18.0. The SMILES string of the molecule is C=CCN=C1CCCC1. The second-order valence-corrected chi connectivity index (χ2v) is 2.40. The Morgan fingerprint density at radius 3 is 2.67 bits per heavy atom. The lowest BCUT2D eigenvalue weighted by atomic mass is 10.3. The molecule has 0 aromatic heterocycles. The van der Waals surface area contributed by atoms with Gasteiger partial charge in [-0.05, 0) is 25.7 Å². The van der Waals surface area contributed by atoms with Gasteiger partial charge in [-0.1, -0.05) is 6.08 Å². The lowest BCUT2D eigenvalue weighted by molar-refractivity contribution is 0.886. The molecule has 9 heavy (non-hydrogen) atoms. The van der Waals surface area contributed by atoms with Crippen LogP contribution in [0, 0.1) is 0 Å². The highest BCUT2D eigenvalue weighted by atomic mass is 14.7. The average Bonchev–Trinajstić information content (AvgIpc) is 2.34. The van der Waals surface area contributed by atoms with Crippen molar-refractivity contribution < 1.29 is 0 Å². The molecule has 0 bridgehead atoms. The van der Waals surface area contributed by atoms with Crippen molar-refractivity contribution >= 4 is 5.71 Å². The Bertz CT molecular complexity index is 117. The van der Waals surface area contributed by atoms with E-state index in [0.717, 1.165) is 6.54 Å². The predicted molar refractivity (Wildman–Crippen MR) is 41.0 cm³/mol. The minimum atomic E-state index is 0.815. The summed E-state index contributed by atoms with van der Waals surface area (Å²) in [6.07, 6.45) is 7.00. The first kappa shape index (κ1) is 6.53. The molecule has 0 heterocycles. The summed E-state index contributed by atoms with van der Waals surface area (Å²) in [5.41, 5.74) is 1.40. The van der Waals surface area contributed by atoms with Crippen LogP contribution in [0.25, 0.3) is 0 Å². The lowest BCUT2D eigenvalue weighted by Crippen LogP contribution is -1.88. The molecule has 1 rings (SSSR count). The molecule has 0 aliphatic heterocycles. The van der Waals surface area contributed by atoms with E-state index in [9.17, 15) is 0 Å². The number of rotatable bonds is 2. The molecule has 0 amide bonds. The van der Waals surface area contributed by atoms with Gasteiger partial charge in [0.2, 0.25) is 0 Å². The monoisotopic (exact) mass is 123 g/mol. The molecule has 0 aromatic carbocycles. The highest BCUT2D eigenvalue weighted by Crippen LogP contribution is 2.14. The molecule has 0 spiro atoms. The van der Waals surface area contributed by atoms with Crippen LogP contribution in [0.5, 0.6) is 0 Å². The average molecular weight is 123 g/mol. The van der Waals surface area contributed by atoms with Crippen LogP contribution >= 0.6 is 0 Å². The van der Waals surface area contributed by atoms with Crippen molar-refractivity contribution in [3.05, 3.63) is 12.7 Å². The molecule has 0 unspecified atom stereocenters. The van der Waals surface area contributed by atoms with Crippen LogP contribution in [0.4, 0.5) is 0 Å². The van der Waals surface area contributed by atoms with Crippen molar-refractivity contribution in [1.82, 2.24) is 0 Å². The topological polar surface area (TPSA) is 12.4 Å². The zero-order valence-electron chi connectivity index (χ0n) is 5.77. The Morgan fingerprint density at radius 1 is 1.44 bits per heavy atom. The van der Waals surface area contributed by atoms with Crippen molar-refractivity contribution in [2.45, 2.75) is 25.7 Å². The molecular formula is C8H13N. The molecule has 1 aliphatic carbocycles. The van der Waals surface area contributed by atoms with Gasteiger partial charge in [0.15, 0.2) is 0 Å². The molecule has 1 nitrogen and oxygen atoms in total. The maximum absolute atomic E-state index is 4.34. The minimum Gasteiger partial charge on any atom is -0.290 e. The first-order valence-corrected chi connectivity index (χ1v) is 3.56. The third kappa shape index (κ3) is 2.00. The molecule has 0 N–H and O–H groups in total. The zero-order chi connectivity index (χ0) is 6.53. The molecule has 1 fully saturated rings. The molecular weight excluding hydrogens is 110 g/mol. The predicted octanol–water partition coefficient (Wildman–Crippen LogP) is 2.19. The van der Waals surface area contributed by atoms with Gasteiger partial charge in [-0.15, -0.1) is 6.58 Å². The van der Waals surface area contributed by atoms with Gasteiger partial charge < -0.3 is 0 Å².